The fraction of sp³-hybridized carbons (Fsp3) is 0.750. The predicted octanol–water partition coefficient (Wildman–Crippen LogP) is -1.14. The third kappa shape index (κ3) is 1.15. The molecule has 0 aliphatic carbocycles. The number of amides is 3. The molecule has 0 aromatic rings. The number of likely N-dealkylation sites (tertiary alicyclic amines) is 1. The van der Waals surface area contributed by atoms with E-state index in [2.05, 4.69) is 10.6 Å². The van der Waals surface area contributed by atoms with Crippen LogP contribution in [0.4, 0.5) is 0 Å². The molecule has 6 nitrogen and oxygen atoms in total. The van der Waals surface area contributed by atoms with E-state index in [0.29, 0.717) is 26.1 Å². The van der Waals surface area contributed by atoms with Crippen LogP contribution < -0.4 is 10.6 Å². The van der Waals surface area contributed by atoms with E-state index in [1.54, 1.807) is 4.90 Å². The molecule has 0 saturated carbocycles. The van der Waals surface area contributed by atoms with Crippen molar-refractivity contribution >= 4 is 17.7 Å². The summed E-state index contributed by atoms with van der Waals surface area (Å²) in [7, 11) is 0. The highest BCUT2D eigenvalue weighted by molar-refractivity contribution is 6.01. The van der Waals surface area contributed by atoms with Gasteiger partial charge in [-0.2, -0.15) is 0 Å². The van der Waals surface area contributed by atoms with Gasteiger partial charge in [-0.05, 0) is 6.42 Å². The lowest BCUT2D eigenvalue weighted by molar-refractivity contribution is -0.153. The molecular formula is C12H17N3O3. The van der Waals surface area contributed by atoms with Crippen molar-refractivity contribution in [1.29, 1.82) is 0 Å². The van der Waals surface area contributed by atoms with E-state index in [-0.39, 0.29) is 23.6 Å². The maximum Gasteiger partial charge on any atom is 0.247 e. The lowest BCUT2D eigenvalue weighted by Gasteiger charge is -2.45. The summed E-state index contributed by atoms with van der Waals surface area (Å²) in [6.07, 6.45) is 0.468. The summed E-state index contributed by atoms with van der Waals surface area (Å²) in [6.45, 7) is 5.06. The molecule has 3 rings (SSSR count). The smallest absolute Gasteiger partial charge is 0.247 e. The second-order valence-electron chi connectivity index (χ2n) is 5.93. The molecule has 3 saturated heterocycles. The number of nitrogens with one attached hydrogen (secondary N) is 2. The summed E-state index contributed by atoms with van der Waals surface area (Å²) in [5.41, 5.74) is -1.29. The topological polar surface area (TPSA) is 78.5 Å². The van der Waals surface area contributed by atoms with Gasteiger partial charge in [0.15, 0.2) is 0 Å². The zero-order chi connectivity index (χ0) is 13.1. The Morgan fingerprint density at radius 3 is 2.22 bits per heavy atom. The van der Waals surface area contributed by atoms with E-state index < -0.39 is 11.0 Å². The molecular weight excluding hydrogens is 234 g/mol. The lowest BCUT2D eigenvalue weighted by Crippen LogP contribution is -2.72. The van der Waals surface area contributed by atoms with Crippen molar-refractivity contribution in [3.05, 3.63) is 0 Å². The predicted molar refractivity (Wildman–Crippen MR) is 62.4 cm³/mol. The molecule has 2 unspecified atom stereocenters. The summed E-state index contributed by atoms with van der Waals surface area (Å²) >= 11 is 0. The molecule has 3 aliphatic rings. The molecule has 0 aromatic heterocycles. The number of β-lactam (4-membered cyclic amide) rings is 2. The zero-order valence-electron chi connectivity index (χ0n) is 10.6. The molecule has 2 spiro atoms. The van der Waals surface area contributed by atoms with Crippen LogP contribution in [0.1, 0.15) is 20.3 Å². The Kier molecular flexibility index (Phi) is 2.07. The van der Waals surface area contributed by atoms with Crippen molar-refractivity contribution in [2.24, 2.45) is 11.3 Å². The number of carbonyl (C=O) groups excluding carboxylic acids is 3. The summed E-state index contributed by atoms with van der Waals surface area (Å²) in [5, 5.41) is 5.42. The van der Waals surface area contributed by atoms with Gasteiger partial charge in [0.1, 0.15) is 5.54 Å². The van der Waals surface area contributed by atoms with Crippen LogP contribution in [0.3, 0.4) is 0 Å². The number of hydrogen-bond donors (Lipinski definition) is 2. The monoisotopic (exact) mass is 251 g/mol. The van der Waals surface area contributed by atoms with Gasteiger partial charge >= 0.3 is 0 Å². The van der Waals surface area contributed by atoms with Crippen molar-refractivity contribution in [1.82, 2.24) is 15.5 Å². The fourth-order valence-electron chi connectivity index (χ4n) is 3.17. The summed E-state index contributed by atoms with van der Waals surface area (Å²) in [6, 6.07) is 0. The van der Waals surface area contributed by atoms with E-state index in [1.807, 2.05) is 13.8 Å². The van der Waals surface area contributed by atoms with E-state index in [4.69, 9.17) is 0 Å². The van der Waals surface area contributed by atoms with Crippen LogP contribution in [0, 0.1) is 11.3 Å². The van der Waals surface area contributed by atoms with E-state index in [0.717, 1.165) is 0 Å². The highest BCUT2D eigenvalue weighted by atomic mass is 16.2. The minimum absolute atomic E-state index is 0.0272. The SMILES string of the molecule is CC(C)C(=O)N1CC2(CNC2=O)CC12CNC2=O. The molecule has 18 heavy (non-hydrogen) atoms. The standard InChI is InChI=1S/C12H17N3O3/c1-7(2)8(16)15-6-11(4-13-9(11)17)3-12(15)5-14-10(12)18/h7H,3-6H2,1-2H3,(H,13,17)(H,14,18). The zero-order valence-corrected chi connectivity index (χ0v) is 10.6. The maximum absolute atomic E-state index is 12.2. The first-order valence-electron chi connectivity index (χ1n) is 6.29. The molecule has 3 fully saturated rings. The van der Waals surface area contributed by atoms with Gasteiger partial charge in [0, 0.05) is 19.0 Å². The average molecular weight is 251 g/mol. The molecule has 0 radical (unpaired) electrons. The largest absolute Gasteiger partial charge is 0.354 e. The number of hydrogen-bond acceptors (Lipinski definition) is 3. The number of carbonyl (C=O) groups is 3. The van der Waals surface area contributed by atoms with Crippen molar-refractivity contribution in [2.75, 3.05) is 19.6 Å². The second-order valence-corrected chi connectivity index (χ2v) is 5.93. The van der Waals surface area contributed by atoms with Crippen molar-refractivity contribution in [3.63, 3.8) is 0 Å². The third-order valence-corrected chi connectivity index (χ3v) is 4.40. The Morgan fingerprint density at radius 1 is 1.22 bits per heavy atom. The van der Waals surface area contributed by atoms with Crippen molar-refractivity contribution in [2.45, 2.75) is 25.8 Å². The van der Waals surface area contributed by atoms with Gasteiger partial charge < -0.3 is 15.5 Å². The van der Waals surface area contributed by atoms with Crippen LogP contribution >= 0.6 is 0 Å². The van der Waals surface area contributed by atoms with Gasteiger partial charge in [0.05, 0.1) is 12.0 Å². The van der Waals surface area contributed by atoms with Gasteiger partial charge in [-0.15, -0.1) is 0 Å². The van der Waals surface area contributed by atoms with Crippen LogP contribution in [0.15, 0.2) is 0 Å². The van der Waals surface area contributed by atoms with Gasteiger partial charge in [0.2, 0.25) is 17.7 Å². The summed E-state index contributed by atoms with van der Waals surface area (Å²) < 4.78 is 0. The molecule has 3 aliphatic heterocycles. The van der Waals surface area contributed by atoms with E-state index in [1.165, 1.54) is 0 Å². The summed E-state index contributed by atoms with van der Waals surface area (Å²) in [5.74, 6) is -0.344. The highest BCUT2D eigenvalue weighted by Crippen LogP contribution is 2.47. The number of nitrogens with zero attached hydrogens (tertiary/aromatic N) is 1. The normalized spacial score (nSPS) is 37.6. The fourth-order valence-corrected chi connectivity index (χ4v) is 3.17. The van der Waals surface area contributed by atoms with Crippen LogP contribution in [-0.4, -0.2) is 47.8 Å². The van der Waals surface area contributed by atoms with E-state index in [9.17, 15) is 14.4 Å². The van der Waals surface area contributed by atoms with Crippen LogP contribution in [0.2, 0.25) is 0 Å². The average Bonchev–Trinajstić information content (AvgIpc) is 2.75. The Morgan fingerprint density at radius 2 is 1.89 bits per heavy atom. The van der Waals surface area contributed by atoms with Crippen molar-refractivity contribution in [3.8, 4) is 0 Å². The van der Waals surface area contributed by atoms with Crippen LogP contribution in [-0.2, 0) is 14.4 Å². The molecule has 98 valence electrons. The second kappa shape index (κ2) is 3.24. The molecule has 3 amide bonds. The molecule has 3 heterocycles. The van der Waals surface area contributed by atoms with Gasteiger partial charge in [-0.1, -0.05) is 13.8 Å². The lowest BCUT2D eigenvalue weighted by atomic mass is 9.73. The first-order chi connectivity index (χ1) is 8.41. The van der Waals surface area contributed by atoms with Gasteiger partial charge in [0.25, 0.3) is 0 Å². The van der Waals surface area contributed by atoms with Crippen LogP contribution in [0.25, 0.3) is 0 Å². The minimum Gasteiger partial charge on any atom is -0.354 e. The minimum atomic E-state index is -0.765. The Hall–Kier alpha value is -1.59. The first kappa shape index (κ1) is 11.5. The maximum atomic E-state index is 12.2. The summed E-state index contributed by atoms with van der Waals surface area (Å²) in [4.78, 5) is 37.5. The van der Waals surface area contributed by atoms with Crippen molar-refractivity contribution < 1.29 is 14.4 Å². The van der Waals surface area contributed by atoms with Gasteiger partial charge in [-0.3, -0.25) is 14.4 Å². The molecule has 0 aromatic carbocycles. The molecule has 6 heteroatoms. The Labute approximate surface area is 105 Å². The van der Waals surface area contributed by atoms with E-state index >= 15 is 0 Å². The Balaban J connectivity index is 1.94. The Bertz CT molecular complexity index is 461. The number of rotatable bonds is 1. The molecule has 0 bridgehead atoms. The molecule has 2 N–H and O–H groups in total. The van der Waals surface area contributed by atoms with Gasteiger partial charge in [-0.25, -0.2) is 0 Å². The van der Waals surface area contributed by atoms with Crippen LogP contribution in [0.5, 0.6) is 0 Å². The molecule has 2 atom stereocenters. The quantitative estimate of drug-likeness (QED) is 0.578. The highest BCUT2D eigenvalue weighted by Gasteiger charge is 2.67. The first-order valence-corrected chi connectivity index (χ1v) is 6.29. The third-order valence-electron chi connectivity index (χ3n) is 4.40.